The van der Waals surface area contributed by atoms with Crippen molar-refractivity contribution in [3.63, 3.8) is 0 Å². The summed E-state index contributed by atoms with van der Waals surface area (Å²) in [4.78, 5) is 5.69. The minimum absolute atomic E-state index is 0.193. The molecule has 0 bridgehead atoms. The number of nitrogens with two attached hydrogens (primary N) is 1. The van der Waals surface area contributed by atoms with Gasteiger partial charge in [-0.2, -0.15) is 24.9 Å². The van der Waals surface area contributed by atoms with Gasteiger partial charge in [0.1, 0.15) is 11.5 Å². The highest BCUT2D eigenvalue weighted by Gasteiger charge is 2.33. The fraction of sp³-hybridized carbons (Fsp3) is 0.583. The van der Waals surface area contributed by atoms with E-state index in [2.05, 4.69) is 11.9 Å². The number of halogens is 3. The first-order valence-corrected chi connectivity index (χ1v) is 7.10. The van der Waals surface area contributed by atoms with Crippen molar-refractivity contribution < 1.29 is 13.2 Å². The van der Waals surface area contributed by atoms with E-state index in [-0.39, 0.29) is 6.54 Å². The fourth-order valence-electron chi connectivity index (χ4n) is 2.08. The van der Waals surface area contributed by atoms with E-state index in [4.69, 9.17) is 5.73 Å². The summed E-state index contributed by atoms with van der Waals surface area (Å²) in [6.07, 6.45) is -4.42. The molecule has 106 valence electrons. The lowest BCUT2D eigenvalue weighted by molar-refractivity contribution is -0.141. The first-order valence-electron chi connectivity index (χ1n) is 6.05. The number of thioether (sulfide) groups is 1. The van der Waals surface area contributed by atoms with Crippen molar-refractivity contribution in [1.29, 1.82) is 0 Å². The third kappa shape index (κ3) is 3.33. The molecule has 0 saturated carbocycles. The molecule has 1 aliphatic rings. The van der Waals surface area contributed by atoms with Crippen LogP contribution in [-0.4, -0.2) is 29.1 Å². The molecule has 1 atom stereocenters. The molecule has 1 fully saturated rings. The zero-order chi connectivity index (χ0) is 14.0. The Hall–Kier alpha value is -0.950. The fourth-order valence-corrected chi connectivity index (χ4v) is 3.09. The van der Waals surface area contributed by atoms with E-state index in [1.807, 2.05) is 16.7 Å². The Bertz CT molecular complexity index is 450. The molecule has 1 aliphatic heterocycles. The van der Waals surface area contributed by atoms with Crippen LogP contribution >= 0.6 is 11.8 Å². The second-order valence-corrected chi connectivity index (χ2v) is 6.05. The second-order valence-electron chi connectivity index (χ2n) is 4.51. The lowest BCUT2D eigenvalue weighted by atomic mass is 10.2. The van der Waals surface area contributed by atoms with Gasteiger partial charge in [0.05, 0.1) is 0 Å². The first kappa shape index (κ1) is 14.5. The van der Waals surface area contributed by atoms with Crippen molar-refractivity contribution >= 4 is 17.6 Å². The topological polar surface area (TPSA) is 42.2 Å². The number of alkyl halides is 3. The highest BCUT2D eigenvalue weighted by atomic mass is 32.2. The average molecular weight is 291 g/mol. The summed E-state index contributed by atoms with van der Waals surface area (Å²) in [6, 6.07) is 2.42. The van der Waals surface area contributed by atoms with Crippen LogP contribution in [0.15, 0.2) is 12.1 Å². The number of hydrogen-bond acceptors (Lipinski definition) is 4. The molecular formula is C12H16F3N3S. The molecule has 1 aromatic rings. The van der Waals surface area contributed by atoms with Crippen LogP contribution in [0, 0.1) is 0 Å². The molecule has 2 N–H and O–H groups in total. The molecule has 2 heterocycles. The van der Waals surface area contributed by atoms with E-state index in [0.29, 0.717) is 29.7 Å². The summed E-state index contributed by atoms with van der Waals surface area (Å²) >= 11 is 1.82. The maximum absolute atomic E-state index is 12.7. The second kappa shape index (κ2) is 5.58. The van der Waals surface area contributed by atoms with Crippen molar-refractivity contribution in [1.82, 2.24) is 4.98 Å². The van der Waals surface area contributed by atoms with E-state index in [0.717, 1.165) is 11.8 Å². The van der Waals surface area contributed by atoms with Gasteiger partial charge in [0, 0.05) is 36.2 Å². The smallest absolute Gasteiger partial charge is 0.354 e. The average Bonchev–Trinajstić information content (AvgIpc) is 2.37. The van der Waals surface area contributed by atoms with Gasteiger partial charge < -0.3 is 10.6 Å². The molecule has 0 amide bonds. The van der Waals surface area contributed by atoms with Crippen LogP contribution in [0.1, 0.15) is 18.2 Å². The van der Waals surface area contributed by atoms with E-state index in [1.165, 1.54) is 6.07 Å². The summed E-state index contributed by atoms with van der Waals surface area (Å²) in [5.74, 6) is 1.27. The van der Waals surface area contributed by atoms with Gasteiger partial charge >= 0.3 is 6.18 Å². The Morgan fingerprint density at radius 1 is 1.47 bits per heavy atom. The Morgan fingerprint density at radius 2 is 2.21 bits per heavy atom. The minimum Gasteiger partial charge on any atom is -0.354 e. The highest BCUT2D eigenvalue weighted by Crippen LogP contribution is 2.32. The van der Waals surface area contributed by atoms with Crippen LogP contribution in [0.25, 0.3) is 0 Å². The molecule has 19 heavy (non-hydrogen) atoms. The Morgan fingerprint density at radius 3 is 2.79 bits per heavy atom. The molecule has 1 aromatic heterocycles. The maximum atomic E-state index is 12.7. The van der Waals surface area contributed by atoms with Crippen LogP contribution in [-0.2, 0) is 12.7 Å². The van der Waals surface area contributed by atoms with E-state index in [9.17, 15) is 13.2 Å². The number of nitrogens with zero attached hydrogens (tertiary/aromatic N) is 2. The first-order chi connectivity index (χ1) is 8.91. The van der Waals surface area contributed by atoms with Gasteiger partial charge in [-0.1, -0.05) is 13.0 Å². The third-order valence-electron chi connectivity index (χ3n) is 3.01. The predicted molar refractivity (Wildman–Crippen MR) is 71.3 cm³/mol. The molecule has 3 nitrogen and oxygen atoms in total. The molecule has 0 aliphatic carbocycles. The van der Waals surface area contributed by atoms with Gasteiger partial charge in [0.25, 0.3) is 0 Å². The number of hydrogen-bond donors (Lipinski definition) is 1. The van der Waals surface area contributed by atoms with E-state index >= 15 is 0 Å². The number of anilines is 1. The molecule has 0 radical (unpaired) electrons. The Kier molecular flexibility index (Phi) is 4.25. The van der Waals surface area contributed by atoms with Gasteiger partial charge in [0.2, 0.25) is 0 Å². The van der Waals surface area contributed by atoms with Crippen LogP contribution in [0.2, 0.25) is 0 Å². The van der Waals surface area contributed by atoms with Crippen molar-refractivity contribution in [3.8, 4) is 0 Å². The van der Waals surface area contributed by atoms with Gasteiger partial charge in [0.15, 0.2) is 0 Å². The molecule has 7 heteroatoms. The van der Waals surface area contributed by atoms with Crippen LogP contribution < -0.4 is 10.6 Å². The van der Waals surface area contributed by atoms with E-state index < -0.39 is 11.9 Å². The number of pyridine rings is 1. The molecular weight excluding hydrogens is 275 g/mol. The summed E-state index contributed by atoms with van der Waals surface area (Å²) in [7, 11) is 0. The predicted octanol–water partition coefficient (Wildman–Crippen LogP) is 2.50. The SMILES string of the molecule is CC1CN(c2nc(C(F)(F)F)ccc2CN)CCS1. The Labute approximate surface area is 114 Å². The lowest BCUT2D eigenvalue weighted by Crippen LogP contribution is -2.38. The maximum Gasteiger partial charge on any atom is 0.433 e. The van der Waals surface area contributed by atoms with Crippen molar-refractivity contribution in [3.05, 3.63) is 23.4 Å². The third-order valence-corrected chi connectivity index (χ3v) is 4.14. The van der Waals surface area contributed by atoms with Crippen LogP contribution in [0.4, 0.5) is 19.0 Å². The van der Waals surface area contributed by atoms with Crippen LogP contribution in [0.3, 0.4) is 0 Å². The summed E-state index contributed by atoms with van der Waals surface area (Å²) < 4.78 is 38.2. The summed E-state index contributed by atoms with van der Waals surface area (Å²) in [6.45, 7) is 3.66. The summed E-state index contributed by atoms with van der Waals surface area (Å²) in [5, 5.41) is 0.385. The van der Waals surface area contributed by atoms with Gasteiger partial charge in [-0.3, -0.25) is 0 Å². The molecule has 2 rings (SSSR count). The summed E-state index contributed by atoms with van der Waals surface area (Å²) in [5.41, 5.74) is 5.40. The molecule has 0 aromatic carbocycles. The van der Waals surface area contributed by atoms with Gasteiger partial charge in [-0.05, 0) is 6.07 Å². The number of rotatable bonds is 2. The van der Waals surface area contributed by atoms with Gasteiger partial charge in [-0.15, -0.1) is 0 Å². The quantitative estimate of drug-likeness (QED) is 0.909. The molecule has 0 spiro atoms. The zero-order valence-electron chi connectivity index (χ0n) is 10.6. The standard InChI is InChI=1S/C12H16F3N3S/c1-8-7-18(4-5-19-8)11-9(6-16)2-3-10(17-11)12(13,14)15/h2-3,8H,4-7,16H2,1H3. The van der Waals surface area contributed by atoms with Crippen molar-refractivity contribution in [2.45, 2.75) is 24.9 Å². The normalized spacial score (nSPS) is 20.7. The van der Waals surface area contributed by atoms with E-state index in [1.54, 1.807) is 0 Å². The van der Waals surface area contributed by atoms with Crippen LogP contribution in [0.5, 0.6) is 0 Å². The van der Waals surface area contributed by atoms with Crippen molar-refractivity contribution in [2.24, 2.45) is 5.73 Å². The van der Waals surface area contributed by atoms with Gasteiger partial charge in [-0.25, -0.2) is 4.98 Å². The highest BCUT2D eigenvalue weighted by molar-refractivity contribution is 8.00. The van der Waals surface area contributed by atoms with Crippen molar-refractivity contribution in [2.75, 3.05) is 23.7 Å². The Balaban J connectivity index is 2.35. The molecule has 1 unspecified atom stereocenters. The lowest BCUT2D eigenvalue weighted by Gasteiger charge is -2.33. The number of aromatic nitrogens is 1. The molecule has 1 saturated heterocycles. The minimum atomic E-state index is -4.42. The monoisotopic (exact) mass is 291 g/mol. The zero-order valence-corrected chi connectivity index (χ0v) is 11.4. The largest absolute Gasteiger partial charge is 0.433 e.